The number of halogens is 1. The van der Waals surface area contributed by atoms with E-state index in [1.807, 2.05) is 31.2 Å². The quantitative estimate of drug-likeness (QED) is 0.526. The fourth-order valence-corrected chi connectivity index (χ4v) is 4.08. The summed E-state index contributed by atoms with van der Waals surface area (Å²) in [6, 6.07) is 19.7. The van der Waals surface area contributed by atoms with E-state index in [1.165, 1.54) is 18.2 Å². The molecule has 0 aromatic heterocycles. The molecule has 0 radical (unpaired) electrons. The molecule has 6 nitrogen and oxygen atoms in total. The number of para-hydroxylation sites is 2. The van der Waals surface area contributed by atoms with Crippen molar-refractivity contribution < 1.29 is 22.3 Å². The van der Waals surface area contributed by atoms with Crippen LogP contribution in [0.25, 0.3) is 0 Å². The molecule has 0 bridgehead atoms. The van der Waals surface area contributed by atoms with Gasteiger partial charge >= 0.3 is 0 Å². The molecule has 0 unspecified atom stereocenters. The van der Waals surface area contributed by atoms with Gasteiger partial charge in [-0.05, 0) is 42.8 Å². The summed E-state index contributed by atoms with van der Waals surface area (Å²) in [5.41, 5.74) is 1.90. The van der Waals surface area contributed by atoms with Crippen molar-refractivity contribution in [2.45, 2.75) is 20.0 Å². The van der Waals surface area contributed by atoms with Crippen LogP contribution in [0.4, 0.5) is 10.1 Å². The summed E-state index contributed by atoms with van der Waals surface area (Å²) in [7, 11) is -3.71. The molecular weight excluding hydrogens is 431 g/mol. The lowest BCUT2D eigenvalue weighted by Crippen LogP contribution is -2.30. The second-order valence-corrected chi connectivity index (χ2v) is 9.05. The fraction of sp³-hybridized carbons (Fsp3) is 0.208. The van der Waals surface area contributed by atoms with Gasteiger partial charge in [0.15, 0.2) is 0 Å². The zero-order valence-corrected chi connectivity index (χ0v) is 18.7. The number of sulfonamides is 1. The molecule has 0 saturated heterocycles. The van der Waals surface area contributed by atoms with Crippen LogP contribution in [0.1, 0.15) is 28.4 Å². The minimum Gasteiger partial charge on any atom is -0.494 e. The van der Waals surface area contributed by atoms with E-state index >= 15 is 0 Å². The van der Waals surface area contributed by atoms with E-state index in [0.29, 0.717) is 24.3 Å². The fourth-order valence-electron chi connectivity index (χ4n) is 3.19. The van der Waals surface area contributed by atoms with Gasteiger partial charge in [0.25, 0.3) is 5.91 Å². The number of nitrogens with zero attached hydrogens (tertiary/aromatic N) is 1. The minimum atomic E-state index is -3.71. The van der Waals surface area contributed by atoms with Gasteiger partial charge < -0.3 is 10.1 Å². The topological polar surface area (TPSA) is 75.7 Å². The summed E-state index contributed by atoms with van der Waals surface area (Å²) in [4.78, 5) is 12.5. The lowest BCUT2D eigenvalue weighted by molar-refractivity contribution is 0.0950. The highest BCUT2D eigenvalue weighted by molar-refractivity contribution is 7.92. The second-order valence-electron chi connectivity index (χ2n) is 7.14. The van der Waals surface area contributed by atoms with Crippen LogP contribution < -0.4 is 14.4 Å². The summed E-state index contributed by atoms with van der Waals surface area (Å²) in [5.74, 6) is -0.169. The number of nitrogens with one attached hydrogen (secondary N) is 1. The number of ether oxygens (including phenoxy) is 1. The number of carbonyl (C=O) groups is 1. The highest BCUT2D eigenvalue weighted by Crippen LogP contribution is 2.24. The van der Waals surface area contributed by atoms with E-state index in [0.717, 1.165) is 21.9 Å². The van der Waals surface area contributed by atoms with Crippen LogP contribution in [0.3, 0.4) is 0 Å². The van der Waals surface area contributed by atoms with Gasteiger partial charge in [0.2, 0.25) is 10.0 Å². The van der Waals surface area contributed by atoms with Crippen molar-refractivity contribution in [3.8, 4) is 5.75 Å². The highest BCUT2D eigenvalue weighted by atomic mass is 32.2. The van der Waals surface area contributed by atoms with Crippen LogP contribution in [0, 0.1) is 5.82 Å². The Kier molecular flexibility index (Phi) is 7.48. The smallest absolute Gasteiger partial charge is 0.251 e. The molecule has 168 valence electrons. The Balaban J connectivity index is 1.70. The van der Waals surface area contributed by atoms with Crippen molar-refractivity contribution in [1.29, 1.82) is 0 Å². The molecule has 1 amide bonds. The van der Waals surface area contributed by atoms with Crippen molar-refractivity contribution in [1.82, 2.24) is 5.32 Å². The Hall–Kier alpha value is -3.39. The summed E-state index contributed by atoms with van der Waals surface area (Å²) < 4.78 is 45.2. The Morgan fingerprint density at radius 3 is 2.31 bits per heavy atom. The molecule has 32 heavy (non-hydrogen) atoms. The van der Waals surface area contributed by atoms with E-state index in [9.17, 15) is 17.6 Å². The lowest BCUT2D eigenvalue weighted by atomic mass is 10.1. The Morgan fingerprint density at radius 2 is 1.66 bits per heavy atom. The van der Waals surface area contributed by atoms with E-state index in [4.69, 9.17) is 4.74 Å². The normalized spacial score (nSPS) is 11.1. The van der Waals surface area contributed by atoms with Crippen LogP contribution in [0.15, 0.2) is 72.8 Å². The third-order valence-corrected chi connectivity index (χ3v) is 5.90. The number of amides is 1. The number of anilines is 1. The molecule has 0 spiro atoms. The molecule has 0 aliphatic heterocycles. The summed E-state index contributed by atoms with van der Waals surface area (Å²) >= 11 is 0. The van der Waals surface area contributed by atoms with Crippen LogP contribution in [0.2, 0.25) is 0 Å². The third-order valence-electron chi connectivity index (χ3n) is 4.78. The largest absolute Gasteiger partial charge is 0.494 e. The zero-order valence-electron chi connectivity index (χ0n) is 17.9. The van der Waals surface area contributed by atoms with Crippen molar-refractivity contribution in [3.63, 3.8) is 0 Å². The Morgan fingerprint density at radius 1 is 1.00 bits per heavy atom. The number of rotatable bonds is 9. The van der Waals surface area contributed by atoms with E-state index in [1.54, 1.807) is 30.3 Å². The van der Waals surface area contributed by atoms with Crippen molar-refractivity contribution in [2.75, 3.05) is 17.2 Å². The molecule has 3 aromatic carbocycles. The van der Waals surface area contributed by atoms with Gasteiger partial charge in [0, 0.05) is 17.7 Å². The molecule has 3 rings (SSSR count). The molecule has 3 aromatic rings. The summed E-state index contributed by atoms with van der Waals surface area (Å²) in [6.45, 7) is 2.69. The first-order valence-electron chi connectivity index (χ1n) is 10.1. The molecule has 0 fully saturated rings. The van der Waals surface area contributed by atoms with Gasteiger partial charge in [0.1, 0.15) is 11.6 Å². The molecule has 1 N–H and O–H groups in total. The molecule has 0 atom stereocenters. The molecular formula is C24H25FN2O4S. The van der Waals surface area contributed by atoms with Gasteiger partial charge in [-0.2, -0.15) is 0 Å². The maximum Gasteiger partial charge on any atom is 0.251 e. The second kappa shape index (κ2) is 10.3. The maximum absolute atomic E-state index is 14.2. The Labute approximate surface area is 187 Å². The molecule has 0 saturated carbocycles. The Bertz CT molecular complexity index is 1180. The van der Waals surface area contributed by atoms with Crippen LogP contribution in [0.5, 0.6) is 5.75 Å². The third kappa shape index (κ3) is 5.85. The standard InChI is InChI=1S/C24H25FN2O4S/c1-3-31-23-11-7-4-8-20(23)16-26-24(28)19-14-12-18(13-15-19)17-27(32(2,29)30)22-10-6-5-9-21(22)25/h4-15H,3,16-17H2,1-2H3,(H,26,28). The first-order valence-corrected chi connectivity index (χ1v) is 11.9. The zero-order chi connectivity index (χ0) is 23.1. The SMILES string of the molecule is CCOc1ccccc1CNC(=O)c1ccc(CN(c2ccccc2F)S(C)(=O)=O)cc1. The molecule has 0 aliphatic carbocycles. The average molecular weight is 457 g/mol. The molecule has 0 heterocycles. The van der Waals surface area contributed by atoms with Crippen LogP contribution >= 0.6 is 0 Å². The number of hydrogen-bond acceptors (Lipinski definition) is 4. The first kappa shape index (κ1) is 23.3. The number of hydrogen-bond donors (Lipinski definition) is 1. The maximum atomic E-state index is 14.2. The van der Waals surface area contributed by atoms with Gasteiger partial charge in [-0.15, -0.1) is 0 Å². The number of carbonyl (C=O) groups excluding carboxylic acids is 1. The van der Waals surface area contributed by atoms with Gasteiger partial charge in [-0.1, -0.05) is 42.5 Å². The molecule has 0 aliphatic rings. The summed E-state index contributed by atoms with van der Waals surface area (Å²) in [5, 5.41) is 2.86. The van der Waals surface area contributed by atoms with Crippen LogP contribution in [-0.4, -0.2) is 27.2 Å². The number of benzene rings is 3. The highest BCUT2D eigenvalue weighted by Gasteiger charge is 2.21. The predicted molar refractivity (Wildman–Crippen MR) is 123 cm³/mol. The predicted octanol–water partition coefficient (Wildman–Crippen LogP) is 4.12. The van der Waals surface area contributed by atoms with E-state index in [-0.39, 0.29) is 18.1 Å². The van der Waals surface area contributed by atoms with E-state index < -0.39 is 15.8 Å². The van der Waals surface area contributed by atoms with E-state index in [2.05, 4.69) is 5.32 Å². The minimum absolute atomic E-state index is 0.0233. The van der Waals surface area contributed by atoms with Crippen molar-refractivity contribution >= 4 is 21.6 Å². The van der Waals surface area contributed by atoms with Crippen LogP contribution in [-0.2, 0) is 23.1 Å². The summed E-state index contributed by atoms with van der Waals surface area (Å²) in [6.07, 6.45) is 1.03. The average Bonchev–Trinajstić information content (AvgIpc) is 2.77. The first-order chi connectivity index (χ1) is 15.3. The van der Waals surface area contributed by atoms with Gasteiger partial charge in [0.05, 0.1) is 25.1 Å². The van der Waals surface area contributed by atoms with Gasteiger partial charge in [-0.25, -0.2) is 12.8 Å². The lowest BCUT2D eigenvalue weighted by Gasteiger charge is -2.23. The molecule has 8 heteroatoms. The van der Waals surface area contributed by atoms with Gasteiger partial charge in [-0.3, -0.25) is 9.10 Å². The van der Waals surface area contributed by atoms with Crippen molar-refractivity contribution in [2.24, 2.45) is 0 Å². The van der Waals surface area contributed by atoms with Crippen molar-refractivity contribution in [3.05, 3.63) is 95.3 Å². The monoisotopic (exact) mass is 456 g/mol.